The summed E-state index contributed by atoms with van der Waals surface area (Å²) in [5.74, 6) is 0. The second kappa shape index (κ2) is 4.50. The van der Waals surface area contributed by atoms with Gasteiger partial charge in [-0.2, -0.15) is 0 Å². The van der Waals surface area contributed by atoms with Crippen molar-refractivity contribution < 1.29 is 4.74 Å². The quantitative estimate of drug-likeness (QED) is 0.735. The van der Waals surface area contributed by atoms with E-state index in [1.807, 2.05) is 0 Å². The number of benzene rings is 1. The van der Waals surface area contributed by atoms with Gasteiger partial charge in [-0.25, -0.2) is 0 Å². The van der Waals surface area contributed by atoms with Gasteiger partial charge in [-0.15, -0.1) is 0 Å². The van der Waals surface area contributed by atoms with Gasteiger partial charge in [-0.1, -0.05) is 34.1 Å². The lowest BCUT2D eigenvalue weighted by Crippen LogP contribution is -2.28. The van der Waals surface area contributed by atoms with Crippen LogP contribution in [0.1, 0.15) is 41.3 Å². The van der Waals surface area contributed by atoms with Crippen molar-refractivity contribution in [2.24, 2.45) is 0 Å². The van der Waals surface area contributed by atoms with Crippen LogP contribution in [0.2, 0.25) is 0 Å². The first-order chi connectivity index (χ1) is 7.53. The van der Waals surface area contributed by atoms with Crippen molar-refractivity contribution in [3.63, 3.8) is 0 Å². The summed E-state index contributed by atoms with van der Waals surface area (Å²) in [6.45, 7) is 7.41. The van der Waals surface area contributed by atoms with Gasteiger partial charge in [0.1, 0.15) is 0 Å². The van der Waals surface area contributed by atoms with Crippen LogP contribution < -0.4 is 0 Å². The zero-order valence-electron chi connectivity index (χ0n) is 10.2. The molecule has 0 N–H and O–H groups in total. The Morgan fingerprint density at radius 1 is 1.31 bits per heavy atom. The molecule has 1 saturated heterocycles. The molecule has 16 heavy (non-hydrogen) atoms. The molecular weight excluding hydrogens is 264 g/mol. The molecule has 0 bridgehead atoms. The average molecular weight is 283 g/mol. The van der Waals surface area contributed by atoms with Crippen LogP contribution in [0.5, 0.6) is 0 Å². The number of ether oxygens (including phenoxy) is 1. The van der Waals surface area contributed by atoms with Crippen LogP contribution in [-0.2, 0) is 4.74 Å². The monoisotopic (exact) mass is 282 g/mol. The molecule has 2 unspecified atom stereocenters. The van der Waals surface area contributed by atoms with E-state index in [0.29, 0.717) is 4.83 Å². The molecule has 0 aliphatic carbocycles. The normalized spacial score (nSPS) is 27.0. The van der Waals surface area contributed by atoms with Crippen LogP contribution in [0.4, 0.5) is 0 Å². The molecule has 1 heterocycles. The van der Waals surface area contributed by atoms with Crippen molar-refractivity contribution in [2.45, 2.75) is 44.0 Å². The largest absolute Gasteiger partial charge is 0.374 e. The molecule has 88 valence electrons. The van der Waals surface area contributed by atoms with E-state index in [1.54, 1.807) is 0 Å². The first-order valence-corrected chi connectivity index (χ1v) is 6.80. The maximum absolute atomic E-state index is 5.88. The predicted octanol–water partition coefficient (Wildman–Crippen LogP) is 4.31. The predicted molar refractivity (Wildman–Crippen MR) is 71.2 cm³/mol. The smallest absolute Gasteiger partial charge is 0.0820 e. The van der Waals surface area contributed by atoms with Gasteiger partial charge in [0, 0.05) is 6.61 Å². The molecule has 0 radical (unpaired) electrons. The summed E-state index contributed by atoms with van der Waals surface area (Å²) in [5, 5.41) is 0. The minimum Gasteiger partial charge on any atom is -0.374 e. The third-order valence-corrected chi connectivity index (χ3v) is 5.11. The fraction of sp³-hybridized carbons (Fsp3) is 0.571. The fourth-order valence-corrected chi connectivity index (χ4v) is 2.92. The lowest BCUT2D eigenvalue weighted by molar-refractivity contribution is 0.0197. The van der Waals surface area contributed by atoms with Crippen molar-refractivity contribution in [1.29, 1.82) is 0 Å². The van der Waals surface area contributed by atoms with E-state index in [9.17, 15) is 0 Å². The maximum atomic E-state index is 5.88. The molecule has 0 spiro atoms. The highest BCUT2D eigenvalue weighted by atomic mass is 79.9. The highest BCUT2D eigenvalue weighted by Gasteiger charge is 2.37. The summed E-state index contributed by atoms with van der Waals surface area (Å²) >= 11 is 3.80. The number of halogens is 1. The molecule has 2 rings (SSSR count). The fourth-order valence-electron chi connectivity index (χ4n) is 2.28. The number of hydrogen-bond acceptors (Lipinski definition) is 1. The number of rotatable bonds is 2. The van der Waals surface area contributed by atoms with Crippen molar-refractivity contribution in [1.82, 2.24) is 0 Å². The summed E-state index contributed by atoms with van der Waals surface area (Å²) < 4.78 is 5.88. The zero-order valence-corrected chi connectivity index (χ0v) is 11.8. The Morgan fingerprint density at radius 3 is 2.62 bits per heavy atom. The van der Waals surface area contributed by atoms with Crippen LogP contribution in [0.3, 0.4) is 0 Å². The Kier molecular flexibility index (Phi) is 3.41. The summed E-state index contributed by atoms with van der Waals surface area (Å²) in [6, 6.07) is 6.66. The zero-order chi connectivity index (χ0) is 11.8. The van der Waals surface area contributed by atoms with E-state index in [4.69, 9.17) is 4.74 Å². The van der Waals surface area contributed by atoms with E-state index < -0.39 is 0 Å². The molecule has 1 aromatic carbocycles. The highest BCUT2D eigenvalue weighted by Crippen LogP contribution is 2.43. The second-order valence-electron chi connectivity index (χ2n) is 4.97. The molecule has 1 aliphatic heterocycles. The standard InChI is InChI=1S/C14H19BrO/c1-10-5-6-12(9-11(10)2)13(15)14(3)7-4-8-16-14/h5-6,9,13H,4,7-8H2,1-3H3. The SMILES string of the molecule is Cc1ccc(C(Br)C2(C)CCCO2)cc1C. The lowest BCUT2D eigenvalue weighted by Gasteiger charge is -2.29. The van der Waals surface area contributed by atoms with Crippen LogP contribution >= 0.6 is 15.9 Å². The minimum absolute atomic E-state index is 0.0400. The van der Waals surface area contributed by atoms with Gasteiger partial charge in [-0.05, 0) is 50.3 Å². The van der Waals surface area contributed by atoms with E-state index >= 15 is 0 Å². The van der Waals surface area contributed by atoms with Gasteiger partial charge in [0.05, 0.1) is 10.4 Å². The maximum Gasteiger partial charge on any atom is 0.0820 e. The highest BCUT2D eigenvalue weighted by molar-refractivity contribution is 9.09. The Morgan fingerprint density at radius 2 is 2.06 bits per heavy atom. The third kappa shape index (κ3) is 2.18. The van der Waals surface area contributed by atoms with Crippen LogP contribution in [0.25, 0.3) is 0 Å². The summed E-state index contributed by atoms with van der Waals surface area (Å²) in [7, 11) is 0. The van der Waals surface area contributed by atoms with E-state index in [0.717, 1.165) is 13.0 Å². The molecule has 0 amide bonds. The molecule has 1 nitrogen and oxygen atoms in total. The van der Waals surface area contributed by atoms with Gasteiger partial charge in [-0.3, -0.25) is 0 Å². The molecule has 2 heteroatoms. The molecule has 1 fully saturated rings. The van der Waals surface area contributed by atoms with Crippen LogP contribution in [0, 0.1) is 13.8 Å². The Labute approximate surface area is 106 Å². The summed E-state index contributed by atoms with van der Waals surface area (Å²) in [5.41, 5.74) is 3.99. The number of hydrogen-bond donors (Lipinski definition) is 0. The number of alkyl halides is 1. The van der Waals surface area contributed by atoms with Crippen LogP contribution in [-0.4, -0.2) is 12.2 Å². The van der Waals surface area contributed by atoms with Gasteiger partial charge >= 0.3 is 0 Å². The molecule has 0 saturated carbocycles. The molecule has 2 atom stereocenters. The Balaban J connectivity index is 2.26. The van der Waals surface area contributed by atoms with Crippen molar-refractivity contribution >= 4 is 15.9 Å². The molecule has 1 aromatic rings. The van der Waals surface area contributed by atoms with E-state index in [1.165, 1.54) is 23.1 Å². The van der Waals surface area contributed by atoms with Crippen molar-refractivity contribution in [3.05, 3.63) is 34.9 Å². The Bertz CT molecular complexity index is 380. The summed E-state index contributed by atoms with van der Waals surface area (Å²) in [6.07, 6.45) is 2.30. The topological polar surface area (TPSA) is 9.23 Å². The van der Waals surface area contributed by atoms with Crippen LogP contribution in [0.15, 0.2) is 18.2 Å². The first kappa shape index (κ1) is 12.1. The van der Waals surface area contributed by atoms with E-state index in [2.05, 4.69) is 54.9 Å². The third-order valence-electron chi connectivity index (χ3n) is 3.61. The molecule has 1 aliphatic rings. The van der Waals surface area contributed by atoms with Gasteiger partial charge in [0.25, 0.3) is 0 Å². The van der Waals surface area contributed by atoms with Crippen molar-refractivity contribution in [3.8, 4) is 0 Å². The van der Waals surface area contributed by atoms with Gasteiger partial charge < -0.3 is 4.74 Å². The number of aryl methyl sites for hydroxylation is 2. The Hall–Kier alpha value is -0.340. The molecular formula is C14H19BrO. The summed E-state index contributed by atoms with van der Waals surface area (Å²) in [4.78, 5) is 0.293. The van der Waals surface area contributed by atoms with Crippen molar-refractivity contribution in [2.75, 3.05) is 6.61 Å². The second-order valence-corrected chi connectivity index (χ2v) is 5.89. The lowest BCUT2D eigenvalue weighted by atomic mass is 9.92. The van der Waals surface area contributed by atoms with Gasteiger partial charge in [0.15, 0.2) is 0 Å². The minimum atomic E-state index is -0.0400. The average Bonchev–Trinajstić information content (AvgIpc) is 2.70. The first-order valence-electron chi connectivity index (χ1n) is 5.88. The van der Waals surface area contributed by atoms with Gasteiger partial charge in [0.2, 0.25) is 0 Å². The molecule has 0 aromatic heterocycles. The van der Waals surface area contributed by atoms with E-state index in [-0.39, 0.29) is 5.60 Å².